The summed E-state index contributed by atoms with van der Waals surface area (Å²) in [5, 5.41) is 2.41. The molecule has 0 unspecified atom stereocenters. The summed E-state index contributed by atoms with van der Waals surface area (Å²) in [4.78, 5) is 1.53. The van der Waals surface area contributed by atoms with Crippen molar-refractivity contribution in [3.05, 3.63) is 72.8 Å². The first-order chi connectivity index (χ1) is 16.0. The molecule has 0 saturated heterocycles. The number of hydrogen-bond donors (Lipinski definition) is 0. The van der Waals surface area contributed by atoms with Gasteiger partial charge in [0.2, 0.25) is 0 Å². The van der Waals surface area contributed by atoms with E-state index in [0.717, 1.165) is 11.5 Å². The maximum Gasteiger partial charge on any atom is 0.499 e. The fourth-order valence-electron chi connectivity index (χ4n) is 3.57. The van der Waals surface area contributed by atoms with E-state index in [0.29, 0.717) is 16.2 Å². The molecule has 0 N–H and O–H groups in total. The van der Waals surface area contributed by atoms with E-state index >= 15 is 0 Å². The lowest BCUT2D eigenvalue weighted by molar-refractivity contribution is -0.360. The Morgan fingerprint density at radius 2 is 1.18 bits per heavy atom. The number of thiocarbonyl (C=S) groups is 1. The van der Waals surface area contributed by atoms with E-state index in [1.54, 1.807) is 74.8 Å². The maximum atomic E-state index is 14.0. The summed E-state index contributed by atoms with van der Waals surface area (Å²) in [6.07, 6.45) is -11.3. The van der Waals surface area contributed by atoms with Crippen molar-refractivity contribution in [2.45, 2.75) is 12.3 Å². The number of nitrogens with zero attached hydrogens (tertiary/aromatic N) is 1. The molecule has 176 valence electrons. The van der Waals surface area contributed by atoms with Gasteiger partial charge in [-0.3, -0.25) is 0 Å². The number of ether oxygens (including phenoxy) is 2. The van der Waals surface area contributed by atoms with Crippen molar-refractivity contribution >= 4 is 38.9 Å². The van der Waals surface area contributed by atoms with Crippen molar-refractivity contribution in [2.75, 3.05) is 14.1 Å². The van der Waals surface area contributed by atoms with Crippen molar-refractivity contribution < 1.29 is 31.4 Å². The Bertz CT molecular complexity index is 1390. The van der Waals surface area contributed by atoms with E-state index in [9.17, 15) is 22.0 Å². The lowest BCUT2D eigenvalue weighted by Gasteiger charge is -2.24. The predicted molar refractivity (Wildman–Crippen MR) is 125 cm³/mol. The standard InChI is InChI=1S/C25H18F5NO2S/c1-31(2)23(34)32-19-13-11-15-7-3-5-9-17(15)21(19)22-18-10-6-4-8-16(18)12-14-20(22)33-25(29,30)24(26,27)28/h3-14H,1-2H3. The molecule has 9 heteroatoms. The Hall–Kier alpha value is -3.46. The normalized spacial score (nSPS) is 12.1. The number of fused-ring (bicyclic) bond motifs is 2. The smallest absolute Gasteiger partial charge is 0.431 e. The van der Waals surface area contributed by atoms with Gasteiger partial charge in [0.25, 0.3) is 5.17 Å². The van der Waals surface area contributed by atoms with Gasteiger partial charge in [-0.15, -0.1) is 0 Å². The molecule has 3 nitrogen and oxygen atoms in total. The van der Waals surface area contributed by atoms with Gasteiger partial charge in [-0.2, -0.15) is 22.0 Å². The summed E-state index contributed by atoms with van der Waals surface area (Å²) < 4.78 is 77.4. The van der Waals surface area contributed by atoms with Crippen LogP contribution in [0.4, 0.5) is 22.0 Å². The third-order valence-corrected chi connectivity index (χ3v) is 5.61. The Kier molecular flexibility index (Phi) is 6.07. The molecule has 4 rings (SSSR count). The summed E-state index contributed by atoms with van der Waals surface area (Å²) in [6.45, 7) is 0. The van der Waals surface area contributed by atoms with Crippen LogP contribution in [0.25, 0.3) is 32.7 Å². The van der Waals surface area contributed by atoms with Crippen LogP contribution in [0.1, 0.15) is 0 Å². The average molecular weight is 491 g/mol. The van der Waals surface area contributed by atoms with E-state index in [1.807, 2.05) is 0 Å². The summed E-state index contributed by atoms with van der Waals surface area (Å²) >= 11 is 5.26. The van der Waals surface area contributed by atoms with E-state index in [1.165, 1.54) is 11.0 Å². The summed E-state index contributed by atoms with van der Waals surface area (Å²) in [5.74, 6) is -0.452. The van der Waals surface area contributed by atoms with Crippen LogP contribution in [0.15, 0.2) is 72.8 Å². The van der Waals surface area contributed by atoms with Crippen LogP contribution in [0, 0.1) is 0 Å². The van der Waals surface area contributed by atoms with Gasteiger partial charge in [0, 0.05) is 25.2 Å². The average Bonchev–Trinajstić information content (AvgIpc) is 2.78. The molecule has 0 aliphatic rings. The van der Waals surface area contributed by atoms with E-state index in [2.05, 4.69) is 4.74 Å². The topological polar surface area (TPSA) is 21.7 Å². The summed E-state index contributed by atoms with van der Waals surface area (Å²) in [5.41, 5.74) is 0.322. The molecule has 0 aliphatic carbocycles. The largest absolute Gasteiger partial charge is 0.499 e. The van der Waals surface area contributed by atoms with Gasteiger partial charge in [-0.1, -0.05) is 60.7 Å². The van der Waals surface area contributed by atoms with Crippen LogP contribution in [-0.2, 0) is 0 Å². The summed E-state index contributed by atoms with van der Waals surface area (Å²) in [7, 11) is 3.33. The molecule has 4 aromatic carbocycles. The first kappa shape index (κ1) is 23.7. The highest BCUT2D eigenvalue weighted by Gasteiger charge is 2.61. The molecule has 4 aromatic rings. The van der Waals surface area contributed by atoms with Crippen LogP contribution in [0.3, 0.4) is 0 Å². The molecule has 34 heavy (non-hydrogen) atoms. The highest BCUT2D eigenvalue weighted by molar-refractivity contribution is 7.80. The highest BCUT2D eigenvalue weighted by atomic mass is 32.1. The van der Waals surface area contributed by atoms with Crippen molar-refractivity contribution in [1.29, 1.82) is 0 Å². The van der Waals surface area contributed by atoms with Crippen molar-refractivity contribution in [1.82, 2.24) is 4.90 Å². The second-order valence-electron chi connectivity index (χ2n) is 7.70. The molecule has 0 radical (unpaired) electrons. The first-order valence-corrected chi connectivity index (χ1v) is 10.5. The quantitative estimate of drug-likeness (QED) is 0.219. The molecule has 0 bridgehead atoms. The molecule has 0 aliphatic heterocycles. The minimum absolute atomic E-state index is 0.0374. The monoisotopic (exact) mass is 491 g/mol. The van der Waals surface area contributed by atoms with Crippen molar-refractivity contribution in [3.63, 3.8) is 0 Å². The summed E-state index contributed by atoms with van der Waals surface area (Å²) in [6, 6.07) is 19.7. The maximum absolute atomic E-state index is 14.0. The fourth-order valence-corrected chi connectivity index (χ4v) is 3.66. The van der Waals surface area contributed by atoms with Gasteiger partial charge < -0.3 is 14.4 Å². The Morgan fingerprint density at radius 3 is 1.68 bits per heavy atom. The second-order valence-corrected chi connectivity index (χ2v) is 8.05. The van der Waals surface area contributed by atoms with Gasteiger partial charge >= 0.3 is 12.3 Å². The van der Waals surface area contributed by atoms with Crippen LogP contribution in [0.2, 0.25) is 0 Å². The lowest BCUT2D eigenvalue weighted by atomic mass is 9.92. The third-order valence-electron chi connectivity index (χ3n) is 5.16. The number of alkyl halides is 5. The molecule has 0 amide bonds. The van der Waals surface area contributed by atoms with Gasteiger partial charge in [0.15, 0.2) is 0 Å². The predicted octanol–water partition coefficient (Wildman–Crippen LogP) is 7.42. The molecule has 0 fully saturated rings. The van der Waals surface area contributed by atoms with E-state index < -0.39 is 18.0 Å². The number of rotatable bonds is 4. The number of benzene rings is 4. The second kappa shape index (κ2) is 8.72. The Morgan fingerprint density at radius 1 is 0.706 bits per heavy atom. The SMILES string of the molecule is CN(C)C(=S)Oc1ccc2ccccc2c1-c1c(OC(F)(F)C(F)(F)F)ccc2ccccc12. The van der Waals surface area contributed by atoms with Gasteiger partial charge in [-0.05, 0) is 45.9 Å². The zero-order valence-electron chi connectivity index (χ0n) is 18.0. The van der Waals surface area contributed by atoms with Crippen LogP contribution < -0.4 is 9.47 Å². The molecule has 0 aromatic heterocycles. The van der Waals surface area contributed by atoms with Gasteiger partial charge in [0.1, 0.15) is 11.5 Å². The van der Waals surface area contributed by atoms with Crippen molar-refractivity contribution in [3.8, 4) is 22.6 Å². The minimum Gasteiger partial charge on any atom is -0.431 e. The number of hydrogen-bond acceptors (Lipinski definition) is 3. The van der Waals surface area contributed by atoms with E-state index in [-0.39, 0.29) is 22.1 Å². The van der Waals surface area contributed by atoms with E-state index in [4.69, 9.17) is 17.0 Å². The van der Waals surface area contributed by atoms with Crippen LogP contribution in [0.5, 0.6) is 11.5 Å². The zero-order chi connectivity index (χ0) is 24.7. The van der Waals surface area contributed by atoms with Gasteiger partial charge in [-0.25, -0.2) is 0 Å². The first-order valence-electron chi connectivity index (χ1n) is 10.1. The van der Waals surface area contributed by atoms with Gasteiger partial charge in [0.05, 0.1) is 0 Å². The lowest BCUT2D eigenvalue weighted by Crippen LogP contribution is -2.42. The highest BCUT2D eigenvalue weighted by Crippen LogP contribution is 2.48. The molecular formula is C25H18F5NO2S. The molecule has 0 saturated carbocycles. The van der Waals surface area contributed by atoms with Crippen molar-refractivity contribution in [2.24, 2.45) is 0 Å². The molecule has 0 heterocycles. The Labute approximate surface area is 197 Å². The number of halogens is 5. The van der Waals surface area contributed by atoms with Crippen LogP contribution >= 0.6 is 12.2 Å². The fraction of sp³-hybridized carbons (Fsp3) is 0.160. The zero-order valence-corrected chi connectivity index (χ0v) is 18.8. The molecule has 0 spiro atoms. The Balaban J connectivity index is 2.08. The molecule has 0 atom stereocenters. The minimum atomic E-state index is -5.90. The van der Waals surface area contributed by atoms with Crippen LogP contribution in [-0.4, -0.2) is 36.5 Å². The third kappa shape index (κ3) is 4.35. The molecular weight excluding hydrogens is 473 g/mol.